The summed E-state index contributed by atoms with van der Waals surface area (Å²) in [7, 11) is 0. The normalized spacial score (nSPS) is 32.1. The van der Waals surface area contributed by atoms with E-state index in [0.29, 0.717) is 12.3 Å². The summed E-state index contributed by atoms with van der Waals surface area (Å²) in [5.41, 5.74) is 1.37. The van der Waals surface area contributed by atoms with E-state index in [9.17, 15) is 15.0 Å². The molecule has 5 heteroatoms. The minimum Gasteiger partial charge on any atom is -0.460 e. The number of fused-ring (bicyclic) bond motifs is 1. The van der Waals surface area contributed by atoms with Gasteiger partial charge in [-0.3, -0.25) is 4.98 Å². The number of hydrogen-bond acceptors (Lipinski definition) is 5. The van der Waals surface area contributed by atoms with E-state index in [-0.39, 0.29) is 23.9 Å². The number of pyridine rings is 1. The smallest absolute Gasteiger partial charge is 0.338 e. The molecule has 0 radical (unpaired) electrons. The van der Waals surface area contributed by atoms with Gasteiger partial charge in [0.05, 0.1) is 11.3 Å². The highest BCUT2D eigenvalue weighted by Gasteiger charge is 2.62. The Balaban J connectivity index is 1.59. The van der Waals surface area contributed by atoms with E-state index in [1.165, 1.54) is 0 Å². The molecular formula is C28H35NO4. The van der Waals surface area contributed by atoms with Crippen LogP contribution in [0.2, 0.25) is 0 Å². The number of aromatic nitrogens is 1. The Kier molecular flexibility index (Phi) is 6.23. The Labute approximate surface area is 196 Å². The molecule has 4 rings (SSSR count). The van der Waals surface area contributed by atoms with Gasteiger partial charge in [0.25, 0.3) is 0 Å². The van der Waals surface area contributed by atoms with Crippen LogP contribution in [0.4, 0.5) is 0 Å². The molecule has 6 atom stereocenters. The van der Waals surface area contributed by atoms with Crippen LogP contribution in [0.15, 0.2) is 48.7 Å². The van der Waals surface area contributed by atoms with Crippen molar-refractivity contribution in [1.82, 2.24) is 4.98 Å². The van der Waals surface area contributed by atoms with E-state index in [1.54, 1.807) is 13.8 Å². The van der Waals surface area contributed by atoms with E-state index in [4.69, 9.17) is 4.74 Å². The van der Waals surface area contributed by atoms with E-state index >= 15 is 0 Å². The topological polar surface area (TPSA) is 79.7 Å². The van der Waals surface area contributed by atoms with Crippen LogP contribution < -0.4 is 0 Å². The van der Waals surface area contributed by atoms with Crippen LogP contribution in [0.5, 0.6) is 0 Å². The molecule has 0 bridgehead atoms. The van der Waals surface area contributed by atoms with Crippen molar-refractivity contribution >= 4 is 12.0 Å². The minimum atomic E-state index is -1.40. The average molecular weight is 450 g/mol. The fourth-order valence-electron chi connectivity index (χ4n) is 5.91. The van der Waals surface area contributed by atoms with Crippen molar-refractivity contribution in [3.8, 4) is 11.1 Å². The highest BCUT2D eigenvalue weighted by Crippen LogP contribution is 2.52. The Hall–Kier alpha value is -2.50. The summed E-state index contributed by atoms with van der Waals surface area (Å²) < 4.78 is 5.48. The number of esters is 1. The molecule has 1 aliphatic heterocycles. The highest BCUT2D eigenvalue weighted by molar-refractivity contribution is 5.82. The van der Waals surface area contributed by atoms with Crippen LogP contribution in [-0.2, 0) is 15.1 Å². The summed E-state index contributed by atoms with van der Waals surface area (Å²) in [4.78, 5) is 17.1. The van der Waals surface area contributed by atoms with Crippen LogP contribution in [0.25, 0.3) is 17.2 Å². The number of allylic oxidation sites excluding steroid dienone is 1. The molecule has 2 aliphatic rings. The van der Waals surface area contributed by atoms with Gasteiger partial charge in [0.15, 0.2) is 5.60 Å². The Bertz CT molecular complexity index is 1040. The molecule has 1 aromatic carbocycles. The summed E-state index contributed by atoms with van der Waals surface area (Å²) in [6.45, 7) is 9.73. The molecule has 5 nitrogen and oxygen atoms in total. The molecule has 2 fully saturated rings. The van der Waals surface area contributed by atoms with E-state index in [0.717, 1.165) is 28.8 Å². The largest absolute Gasteiger partial charge is 0.460 e. The highest BCUT2D eigenvalue weighted by atomic mass is 16.6. The molecular weight excluding hydrogens is 414 g/mol. The molecule has 6 unspecified atom stereocenters. The van der Waals surface area contributed by atoms with Gasteiger partial charge in [-0.1, -0.05) is 50.6 Å². The lowest BCUT2D eigenvalue weighted by Crippen LogP contribution is -2.53. The van der Waals surface area contributed by atoms with Crippen LogP contribution in [0, 0.1) is 23.7 Å². The predicted octanol–water partition coefficient (Wildman–Crippen LogP) is 4.96. The maximum Gasteiger partial charge on any atom is 0.338 e. The number of hydrogen-bond donors (Lipinski definition) is 2. The number of carbonyl (C=O) groups excluding carboxylic acids is 1. The van der Waals surface area contributed by atoms with Gasteiger partial charge >= 0.3 is 5.97 Å². The molecule has 1 aliphatic carbocycles. The van der Waals surface area contributed by atoms with E-state index in [1.807, 2.05) is 55.6 Å². The van der Waals surface area contributed by atoms with E-state index in [2.05, 4.69) is 24.9 Å². The van der Waals surface area contributed by atoms with Crippen molar-refractivity contribution in [2.45, 2.75) is 64.8 Å². The maximum atomic E-state index is 12.4. The number of aliphatic hydroxyl groups is 2. The van der Waals surface area contributed by atoms with Crippen molar-refractivity contribution in [3.63, 3.8) is 0 Å². The molecule has 0 spiro atoms. The van der Waals surface area contributed by atoms with Gasteiger partial charge in [0.1, 0.15) is 6.10 Å². The van der Waals surface area contributed by atoms with Gasteiger partial charge in [-0.15, -0.1) is 0 Å². The van der Waals surface area contributed by atoms with Crippen LogP contribution in [-0.4, -0.2) is 32.9 Å². The Morgan fingerprint density at radius 1 is 1.21 bits per heavy atom. The molecule has 176 valence electrons. The van der Waals surface area contributed by atoms with Crippen LogP contribution in [0.3, 0.4) is 0 Å². The summed E-state index contributed by atoms with van der Waals surface area (Å²) in [5.74, 6) is -0.0913. The first kappa shape index (κ1) is 23.7. The Morgan fingerprint density at radius 2 is 1.97 bits per heavy atom. The second-order valence-corrected chi connectivity index (χ2v) is 10.4. The average Bonchev–Trinajstić information content (AvgIpc) is 2.99. The first-order chi connectivity index (χ1) is 15.5. The zero-order valence-electron chi connectivity index (χ0n) is 20.2. The first-order valence-electron chi connectivity index (χ1n) is 12.0. The lowest BCUT2D eigenvalue weighted by atomic mass is 9.59. The SMILES string of the molecule is CCC1C(C)CC2(O)C(=O)OC(C)C2C1/C=C/c1ccc(-c2cccc(C(C)(C)O)c2)cn1. The van der Waals surface area contributed by atoms with Crippen molar-refractivity contribution < 1.29 is 19.7 Å². The fraction of sp³-hybridized carbons (Fsp3) is 0.500. The molecule has 1 saturated carbocycles. The third-order valence-electron chi connectivity index (χ3n) is 7.63. The second kappa shape index (κ2) is 8.69. The lowest BCUT2D eigenvalue weighted by Gasteiger charge is -2.45. The first-order valence-corrected chi connectivity index (χ1v) is 12.0. The third kappa shape index (κ3) is 4.36. The predicted molar refractivity (Wildman–Crippen MR) is 129 cm³/mol. The van der Waals surface area contributed by atoms with Crippen molar-refractivity contribution in [1.29, 1.82) is 0 Å². The van der Waals surface area contributed by atoms with E-state index < -0.39 is 17.2 Å². The molecule has 1 aromatic heterocycles. The summed E-state index contributed by atoms with van der Waals surface area (Å²) in [6, 6.07) is 11.9. The van der Waals surface area contributed by atoms with Crippen LogP contribution in [0.1, 0.15) is 58.7 Å². The quantitative estimate of drug-likeness (QED) is 0.631. The second-order valence-electron chi connectivity index (χ2n) is 10.4. The summed E-state index contributed by atoms with van der Waals surface area (Å²) >= 11 is 0. The van der Waals surface area contributed by atoms with Gasteiger partial charge < -0.3 is 14.9 Å². The zero-order valence-corrected chi connectivity index (χ0v) is 20.2. The van der Waals surface area contributed by atoms with Crippen LogP contribution >= 0.6 is 0 Å². The number of ether oxygens (including phenoxy) is 1. The molecule has 0 amide bonds. The number of benzene rings is 1. The Morgan fingerprint density at radius 3 is 2.61 bits per heavy atom. The molecule has 2 heterocycles. The number of nitrogens with zero attached hydrogens (tertiary/aromatic N) is 1. The maximum absolute atomic E-state index is 12.4. The van der Waals surface area contributed by atoms with Gasteiger partial charge in [-0.05, 0) is 74.3 Å². The number of carbonyl (C=O) groups is 1. The summed E-state index contributed by atoms with van der Waals surface area (Å²) in [6.07, 6.45) is 7.09. The molecule has 2 aromatic rings. The molecule has 33 heavy (non-hydrogen) atoms. The van der Waals surface area contributed by atoms with Crippen molar-refractivity contribution in [2.75, 3.05) is 0 Å². The fourth-order valence-corrected chi connectivity index (χ4v) is 5.91. The lowest BCUT2D eigenvalue weighted by molar-refractivity contribution is -0.160. The monoisotopic (exact) mass is 449 g/mol. The standard InChI is InChI=1S/C28H35NO4/c1-6-23-17(2)15-28(32)25(18(3)33-26(28)30)24(23)13-12-22-11-10-20(16-29-22)19-8-7-9-21(14-19)27(4,5)31/h7-14,16-18,23-25,31-32H,6,15H2,1-5H3/b13-12+. The summed E-state index contributed by atoms with van der Waals surface area (Å²) in [5, 5.41) is 21.5. The minimum absolute atomic E-state index is 0.0372. The van der Waals surface area contributed by atoms with Gasteiger partial charge in [-0.25, -0.2) is 4.79 Å². The van der Waals surface area contributed by atoms with Gasteiger partial charge in [0.2, 0.25) is 0 Å². The molecule has 2 N–H and O–H groups in total. The molecule has 1 saturated heterocycles. The number of rotatable bonds is 5. The van der Waals surface area contributed by atoms with Crippen molar-refractivity contribution in [3.05, 3.63) is 59.9 Å². The van der Waals surface area contributed by atoms with Crippen molar-refractivity contribution in [2.24, 2.45) is 23.7 Å². The zero-order chi connectivity index (χ0) is 24.0. The van der Waals surface area contributed by atoms with Gasteiger partial charge in [-0.2, -0.15) is 0 Å². The number of cyclic esters (lactones) is 1. The third-order valence-corrected chi connectivity index (χ3v) is 7.63. The van der Waals surface area contributed by atoms with Gasteiger partial charge in [0, 0.05) is 17.7 Å².